The Balaban J connectivity index is 1.56. The van der Waals surface area contributed by atoms with Crippen LogP contribution in [0.1, 0.15) is 20.3 Å². The molecule has 1 N–H and O–H groups in total. The van der Waals surface area contributed by atoms with Crippen molar-refractivity contribution in [1.82, 2.24) is 10.2 Å². The summed E-state index contributed by atoms with van der Waals surface area (Å²) in [5, 5.41) is 3.64. The van der Waals surface area contributed by atoms with E-state index in [1.165, 1.54) is 19.5 Å². The van der Waals surface area contributed by atoms with Crippen molar-refractivity contribution in [3.8, 4) is 0 Å². The van der Waals surface area contributed by atoms with E-state index in [-0.39, 0.29) is 0 Å². The predicted molar refractivity (Wildman–Crippen MR) is 62.0 cm³/mol. The average molecular weight is 212 g/mol. The lowest BCUT2D eigenvalue weighted by atomic mass is 10.2. The lowest BCUT2D eigenvalue weighted by molar-refractivity contribution is 0.0343. The third kappa shape index (κ3) is 3.74. The van der Waals surface area contributed by atoms with Gasteiger partial charge in [-0.3, -0.25) is 4.90 Å². The van der Waals surface area contributed by atoms with Crippen LogP contribution in [0.15, 0.2) is 0 Å². The molecule has 3 nitrogen and oxygen atoms in total. The molecule has 0 spiro atoms. The van der Waals surface area contributed by atoms with Crippen molar-refractivity contribution >= 4 is 0 Å². The number of hydrogen-bond acceptors (Lipinski definition) is 3. The maximum Gasteiger partial charge on any atom is 0.0594 e. The van der Waals surface area contributed by atoms with Crippen molar-refractivity contribution in [3.63, 3.8) is 0 Å². The van der Waals surface area contributed by atoms with Crippen LogP contribution in [0, 0.1) is 11.8 Å². The zero-order chi connectivity index (χ0) is 10.7. The minimum atomic E-state index is 0.621. The fourth-order valence-corrected chi connectivity index (χ4v) is 2.27. The third-order valence-electron chi connectivity index (χ3n) is 3.64. The molecule has 1 saturated heterocycles. The van der Waals surface area contributed by atoms with Gasteiger partial charge in [0.05, 0.1) is 13.2 Å². The van der Waals surface area contributed by atoms with Crippen LogP contribution >= 0.6 is 0 Å². The quantitative estimate of drug-likeness (QED) is 0.734. The van der Waals surface area contributed by atoms with Gasteiger partial charge in [0.25, 0.3) is 0 Å². The first-order valence-corrected chi connectivity index (χ1v) is 6.29. The highest BCUT2D eigenvalue weighted by molar-refractivity contribution is 4.85. The highest BCUT2D eigenvalue weighted by Crippen LogP contribution is 2.36. The molecule has 0 aromatic carbocycles. The van der Waals surface area contributed by atoms with E-state index >= 15 is 0 Å². The van der Waals surface area contributed by atoms with Crippen molar-refractivity contribution in [3.05, 3.63) is 0 Å². The fourth-order valence-electron chi connectivity index (χ4n) is 2.27. The van der Waals surface area contributed by atoms with E-state index in [4.69, 9.17) is 4.74 Å². The maximum absolute atomic E-state index is 5.34. The van der Waals surface area contributed by atoms with Gasteiger partial charge in [-0.05, 0) is 31.7 Å². The lowest BCUT2D eigenvalue weighted by Crippen LogP contribution is -2.44. The molecule has 3 atom stereocenters. The van der Waals surface area contributed by atoms with Gasteiger partial charge in [-0.1, -0.05) is 6.92 Å². The molecule has 0 bridgehead atoms. The second-order valence-electron chi connectivity index (χ2n) is 5.20. The van der Waals surface area contributed by atoms with Crippen LogP contribution < -0.4 is 5.32 Å². The van der Waals surface area contributed by atoms with Crippen LogP contribution in [0.25, 0.3) is 0 Å². The van der Waals surface area contributed by atoms with Crippen molar-refractivity contribution in [2.45, 2.75) is 26.3 Å². The Morgan fingerprint density at radius 2 is 2.07 bits per heavy atom. The summed E-state index contributed by atoms with van der Waals surface area (Å²) in [6, 6.07) is 0.621. The molecule has 1 saturated carbocycles. The second kappa shape index (κ2) is 5.28. The van der Waals surface area contributed by atoms with Crippen LogP contribution in [-0.4, -0.2) is 50.3 Å². The first-order valence-electron chi connectivity index (χ1n) is 6.29. The molecule has 3 heteroatoms. The van der Waals surface area contributed by atoms with Crippen LogP contribution in [0.5, 0.6) is 0 Å². The molecule has 1 aliphatic heterocycles. The van der Waals surface area contributed by atoms with Gasteiger partial charge in [-0.25, -0.2) is 0 Å². The first kappa shape index (κ1) is 11.4. The number of nitrogens with zero attached hydrogens (tertiary/aromatic N) is 1. The van der Waals surface area contributed by atoms with E-state index in [2.05, 4.69) is 24.1 Å². The summed E-state index contributed by atoms with van der Waals surface area (Å²) >= 11 is 0. The monoisotopic (exact) mass is 212 g/mol. The summed E-state index contributed by atoms with van der Waals surface area (Å²) in [5.41, 5.74) is 0. The summed E-state index contributed by atoms with van der Waals surface area (Å²) in [5.74, 6) is 1.92. The minimum Gasteiger partial charge on any atom is -0.379 e. The predicted octanol–water partition coefficient (Wildman–Crippen LogP) is 0.953. The maximum atomic E-state index is 5.34. The van der Waals surface area contributed by atoms with Gasteiger partial charge in [0.1, 0.15) is 0 Å². The molecule has 2 aliphatic rings. The molecule has 15 heavy (non-hydrogen) atoms. The molecule has 2 rings (SSSR count). The molecule has 0 aromatic heterocycles. The van der Waals surface area contributed by atoms with E-state index in [1.54, 1.807) is 0 Å². The van der Waals surface area contributed by atoms with Crippen LogP contribution in [-0.2, 0) is 4.74 Å². The average Bonchev–Trinajstić information content (AvgIpc) is 2.93. The number of morpholine rings is 1. The zero-order valence-electron chi connectivity index (χ0n) is 10.0. The van der Waals surface area contributed by atoms with Crippen molar-refractivity contribution in [1.29, 1.82) is 0 Å². The van der Waals surface area contributed by atoms with Crippen LogP contribution in [0.3, 0.4) is 0 Å². The molecule has 0 amide bonds. The van der Waals surface area contributed by atoms with E-state index in [0.29, 0.717) is 6.04 Å². The van der Waals surface area contributed by atoms with Crippen molar-refractivity contribution < 1.29 is 4.74 Å². The number of ether oxygens (including phenoxy) is 1. The van der Waals surface area contributed by atoms with Crippen molar-refractivity contribution in [2.75, 3.05) is 39.4 Å². The van der Waals surface area contributed by atoms with Gasteiger partial charge in [0.15, 0.2) is 0 Å². The van der Waals surface area contributed by atoms with Crippen molar-refractivity contribution in [2.24, 2.45) is 11.8 Å². The standard InChI is InChI=1S/C12H24N2O/c1-10-7-12(10)8-13-11(2)9-14-3-5-15-6-4-14/h10-13H,3-9H2,1-2H3. The molecule has 3 unspecified atom stereocenters. The topological polar surface area (TPSA) is 24.5 Å². The Morgan fingerprint density at radius 1 is 1.40 bits per heavy atom. The normalized spacial score (nSPS) is 34.0. The zero-order valence-corrected chi connectivity index (χ0v) is 10.0. The third-order valence-corrected chi connectivity index (χ3v) is 3.64. The minimum absolute atomic E-state index is 0.621. The van der Waals surface area contributed by atoms with Gasteiger partial charge in [-0.15, -0.1) is 0 Å². The molecule has 88 valence electrons. The Bertz CT molecular complexity index is 192. The van der Waals surface area contributed by atoms with Gasteiger partial charge in [0, 0.05) is 25.7 Å². The van der Waals surface area contributed by atoms with Crippen LogP contribution in [0.2, 0.25) is 0 Å². The summed E-state index contributed by atoms with van der Waals surface area (Å²) < 4.78 is 5.34. The fraction of sp³-hybridized carbons (Fsp3) is 1.00. The lowest BCUT2D eigenvalue weighted by Gasteiger charge is -2.29. The van der Waals surface area contributed by atoms with Gasteiger partial charge in [0.2, 0.25) is 0 Å². The second-order valence-corrected chi connectivity index (χ2v) is 5.20. The van der Waals surface area contributed by atoms with E-state index < -0.39 is 0 Å². The van der Waals surface area contributed by atoms with E-state index in [9.17, 15) is 0 Å². The molecule has 1 heterocycles. The Labute approximate surface area is 93.2 Å². The number of nitrogens with one attached hydrogen (secondary N) is 1. The van der Waals surface area contributed by atoms with E-state index in [0.717, 1.165) is 38.1 Å². The van der Waals surface area contributed by atoms with Gasteiger partial charge >= 0.3 is 0 Å². The Kier molecular flexibility index (Phi) is 4.00. The Morgan fingerprint density at radius 3 is 2.67 bits per heavy atom. The summed E-state index contributed by atoms with van der Waals surface area (Å²) in [7, 11) is 0. The highest BCUT2D eigenvalue weighted by atomic mass is 16.5. The molecule has 0 radical (unpaired) electrons. The smallest absolute Gasteiger partial charge is 0.0594 e. The molecular formula is C12H24N2O. The Hall–Kier alpha value is -0.120. The number of rotatable bonds is 5. The largest absolute Gasteiger partial charge is 0.379 e. The summed E-state index contributed by atoms with van der Waals surface area (Å²) in [4.78, 5) is 2.50. The molecular weight excluding hydrogens is 188 g/mol. The van der Waals surface area contributed by atoms with Gasteiger partial charge < -0.3 is 10.1 Å². The number of hydrogen-bond donors (Lipinski definition) is 1. The summed E-state index contributed by atoms with van der Waals surface area (Å²) in [6.45, 7) is 11.1. The SMILES string of the molecule is CC(CN1CCOCC1)NCC1CC1C. The first-order chi connectivity index (χ1) is 7.25. The van der Waals surface area contributed by atoms with Crippen LogP contribution in [0.4, 0.5) is 0 Å². The summed E-state index contributed by atoms with van der Waals surface area (Å²) in [6.07, 6.45) is 1.43. The highest BCUT2D eigenvalue weighted by Gasteiger charge is 2.32. The molecule has 1 aliphatic carbocycles. The van der Waals surface area contributed by atoms with Gasteiger partial charge in [-0.2, -0.15) is 0 Å². The molecule has 2 fully saturated rings. The molecule has 0 aromatic rings. The van der Waals surface area contributed by atoms with E-state index in [1.807, 2.05) is 0 Å².